The van der Waals surface area contributed by atoms with Gasteiger partial charge in [-0.3, -0.25) is 4.79 Å². The van der Waals surface area contributed by atoms with Gasteiger partial charge in [-0.05, 0) is 37.8 Å². The lowest BCUT2D eigenvalue weighted by Crippen LogP contribution is -2.36. The molecule has 2 N–H and O–H groups in total. The topological polar surface area (TPSA) is 54.0 Å². The summed E-state index contributed by atoms with van der Waals surface area (Å²) >= 11 is 1.64. The van der Waals surface area contributed by atoms with Gasteiger partial charge in [0, 0.05) is 31.0 Å². The summed E-state index contributed by atoms with van der Waals surface area (Å²) < 4.78 is 0. The molecular weight excluding hydrogens is 258 g/mol. The van der Waals surface area contributed by atoms with Crippen molar-refractivity contribution in [3.63, 3.8) is 0 Å². The van der Waals surface area contributed by atoms with Crippen LogP contribution in [0, 0.1) is 11.8 Å². The highest BCUT2D eigenvalue weighted by atomic mass is 32.1. The summed E-state index contributed by atoms with van der Waals surface area (Å²) in [6, 6.07) is 0. The van der Waals surface area contributed by atoms with Crippen LogP contribution in [0.15, 0.2) is 11.6 Å². The minimum atomic E-state index is 0.176. The minimum absolute atomic E-state index is 0.176. The molecule has 1 aromatic heterocycles. The zero-order chi connectivity index (χ0) is 13.5. The average Bonchev–Trinajstić information content (AvgIpc) is 2.93. The number of thiazole rings is 1. The number of hydrogen-bond donors (Lipinski definition) is 2. The van der Waals surface area contributed by atoms with E-state index in [9.17, 15) is 4.79 Å². The van der Waals surface area contributed by atoms with Crippen LogP contribution in [0.2, 0.25) is 0 Å². The maximum Gasteiger partial charge on any atom is 0.220 e. The van der Waals surface area contributed by atoms with Crippen molar-refractivity contribution in [2.24, 2.45) is 11.8 Å². The van der Waals surface area contributed by atoms with E-state index in [1.165, 1.54) is 12.8 Å². The Morgan fingerprint density at radius 3 is 3.26 bits per heavy atom. The molecule has 0 bridgehead atoms. The third kappa shape index (κ3) is 4.91. The van der Waals surface area contributed by atoms with Crippen molar-refractivity contribution >= 4 is 17.2 Å². The van der Waals surface area contributed by atoms with Gasteiger partial charge in [-0.2, -0.15) is 0 Å². The lowest BCUT2D eigenvalue weighted by molar-refractivity contribution is -0.122. The van der Waals surface area contributed by atoms with E-state index >= 15 is 0 Å². The van der Waals surface area contributed by atoms with E-state index in [-0.39, 0.29) is 5.91 Å². The highest BCUT2D eigenvalue weighted by Gasteiger charge is 2.21. The second-order valence-corrected chi connectivity index (χ2v) is 6.29. The molecule has 0 aromatic carbocycles. The molecule has 1 aliphatic rings. The first kappa shape index (κ1) is 14.5. The summed E-state index contributed by atoms with van der Waals surface area (Å²) in [5, 5.41) is 9.47. The van der Waals surface area contributed by atoms with Crippen molar-refractivity contribution in [3.8, 4) is 0 Å². The van der Waals surface area contributed by atoms with Gasteiger partial charge in [0.1, 0.15) is 0 Å². The predicted molar refractivity (Wildman–Crippen MR) is 78.2 cm³/mol. The highest BCUT2D eigenvalue weighted by molar-refractivity contribution is 7.09. The number of nitrogens with zero attached hydrogens (tertiary/aromatic N) is 1. The first-order valence-corrected chi connectivity index (χ1v) is 7.99. The Balaban J connectivity index is 1.63. The Labute approximate surface area is 119 Å². The van der Waals surface area contributed by atoms with Gasteiger partial charge in [0.05, 0.1) is 5.01 Å². The number of nitrogens with one attached hydrogen (secondary N) is 2. The van der Waals surface area contributed by atoms with E-state index in [4.69, 9.17) is 0 Å². The molecule has 0 aliphatic carbocycles. The van der Waals surface area contributed by atoms with Crippen molar-refractivity contribution < 1.29 is 4.79 Å². The second-order valence-electron chi connectivity index (χ2n) is 5.31. The fraction of sp³-hybridized carbons (Fsp3) is 0.714. The van der Waals surface area contributed by atoms with Gasteiger partial charge in [0.15, 0.2) is 0 Å². The summed E-state index contributed by atoms with van der Waals surface area (Å²) in [5.41, 5.74) is 0. The summed E-state index contributed by atoms with van der Waals surface area (Å²) in [7, 11) is 0. The molecule has 2 unspecified atom stereocenters. The maximum atomic E-state index is 11.9. The molecule has 1 saturated heterocycles. The Morgan fingerprint density at radius 1 is 1.68 bits per heavy atom. The van der Waals surface area contributed by atoms with Gasteiger partial charge in [0.25, 0.3) is 0 Å². The van der Waals surface area contributed by atoms with Crippen molar-refractivity contribution in [2.75, 3.05) is 19.6 Å². The van der Waals surface area contributed by atoms with Crippen LogP contribution < -0.4 is 10.6 Å². The van der Waals surface area contributed by atoms with Crippen LogP contribution in [0.25, 0.3) is 0 Å². The molecule has 19 heavy (non-hydrogen) atoms. The Kier molecular flexibility index (Phi) is 5.79. The molecule has 1 fully saturated rings. The SMILES string of the molecule is CC(CC(=O)NCCc1nccs1)C1CCCNC1. The summed E-state index contributed by atoms with van der Waals surface area (Å²) in [4.78, 5) is 16.1. The largest absolute Gasteiger partial charge is 0.356 e. The van der Waals surface area contributed by atoms with Gasteiger partial charge in [-0.25, -0.2) is 4.98 Å². The van der Waals surface area contributed by atoms with Crippen LogP contribution >= 0.6 is 11.3 Å². The molecule has 0 saturated carbocycles. The van der Waals surface area contributed by atoms with Crippen molar-refractivity contribution in [1.82, 2.24) is 15.6 Å². The van der Waals surface area contributed by atoms with E-state index in [1.54, 1.807) is 17.5 Å². The number of amides is 1. The summed E-state index contributed by atoms with van der Waals surface area (Å²) in [5.74, 6) is 1.29. The highest BCUT2D eigenvalue weighted by Crippen LogP contribution is 2.22. The lowest BCUT2D eigenvalue weighted by Gasteiger charge is -2.28. The Hall–Kier alpha value is -0.940. The minimum Gasteiger partial charge on any atom is -0.356 e. The van der Waals surface area contributed by atoms with Gasteiger partial charge in [-0.1, -0.05) is 6.92 Å². The normalized spacial score (nSPS) is 21.0. The molecule has 2 rings (SSSR count). The lowest BCUT2D eigenvalue weighted by atomic mass is 9.85. The van der Waals surface area contributed by atoms with E-state index in [0.717, 1.165) is 24.5 Å². The van der Waals surface area contributed by atoms with E-state index in [1.807, 2.05) is 5.38 Å². The number of carbonyl (C=O) groups excluding carboxylic acids is 1. The van der Waals surface area contributed by atoms with Crippen LogP contribution in [-0.4, -0.2) is 30.5 Å². The summed E-state index contributed by atoms with van der Waals surface area (Å²) in [6.07, 6.45) is 5.77. The van der Waals surface area contributed by atoms with Crippen LogP contribution in [-0.2, 0) is 11.2 Å². The first-order valence-electron chi connectivity index (χ1n) is 7.11. The fourth-order valence-corrected chi connectivity index (χ4v) is 3.20. The molecule has 1 aromatic rings. The molecule has 5 heteroatoms. The molecule has 0 radical (unpaired) electrons. The molecule has 2 heterocycles. The standard InChI is InChI=1S/C14H23N3OS/c1-11(12-3-2-5-15-10-12)9-13(18)16-6-4-14-17-7-8-19-14/h7-8,11-12,15H,2-6,9-10H2,1H3,(H,16,18). The van der Waals surface area contributed by atoms with Gasteiger partial charge in [-0.15, -0.1) is 11.3 Å². The Bertz CT molecular complexity index is 374. The smallest absolute Gasteiger partial charge is 0.220 e. The number of aromatic nitrogens is 1. The van der Waals surface area contributed by atoms with Crippen molar-refractivity contribution in [2.45, 2.75) is 32.6 Å². The first-order chi connectivity index (χ1) is 9.25. The molecule has 2 atom stereocenters. The zero-order valence-corrected chi connectivity index (χ0v) is 12.3. The van der Waals surface area contributed by atoms with Crippen molar-refractivity contribution in [3.05, 3.63) is 16.6 Å². The van der Waals surface area contributed by atoms with Crippen molar-refractivity contribution in [1.29, 1.82) is 0 Å². The number of hydrogen-bond acceptors (Lipinski definition) is 4. The van der Waals surface area contributed by atoms with Crippen LogP contribution in [0.3, 0.4) is 0 Å². The quantitative estimate of drug-likeness (QED) is 0.836. The van der Waals surface area contributed by atoms with E-state index in [2.05, 4.69) is 22.5 Å². The maximum absolute atomic E-state index is 11.9. The third-order valence-corrected chi connectivity index (χ3v) is 4.63. The molecule has 4 nitrogen and oxygen atoms in total. The van der Waals surface area contributed by atoms with E-state index < -0.39 is 0 Å². The van der Waals surface area contributed by atoms with E-state index in [0.29, 0.717) is 24.8 Å². The zero-order valence-electron chi connectivity index (χ0n) is 11.5. The van der Waals surface area contributed by atoms with Crippen LogP contribution in [0.4, 0.5) is 0 Å². The van der Waals surface area contributed by atoms with Crippen LogP contribution in [0.5, 0.6) is 0 Å². The third-order valence-electron chi connectivity index (χ3n) is 3.79. The monoisotopic (exact) mass is 281 g/mol. The number of rotatable bonds is 6. The van der Waals surface area contributed by atoms with Gasteiger partial charge >= 0.3 is 0 Å². The molecule has 0 spiro atoms. The molecular formula is C14H23N3OS. The molecule has 1 amide bonds. The number of piperidine rings is 1. The fourth-order valence-electron chi connectivity index (χ4n) is 2.58. The number of carbonyl (C=O) groups is 1. The van der Waals surface area contributed by atoms with Gasteiger partial charge < -0.3 is 10.6 Å². The Morgan fingerprint density at radius 2 is 2.58 bits per heavy atom. The molecule has 106 valence electrons. The van der Waals surface area contributed by atoms with Crippen LogP contribution in [0.1, 0.15) is 31.2 Å². The molecule has 1 aliphatic heterocycles. The van der Waals surface area contributed by atoms with Gasteiger partial charge in [0.2, 0.25) is 5.91 Å². The predicted octanol–water partition coefficient (Wildman–Crippen LogP) is 1.83. The average molecular weight is 281 g/mol. The summed E-state index contributed by atoms with van der Waals surface area (Å²) in [6.45, 7) is 5.08. The second kappa shape index (κ2) is 7.60.